The van der Waals surface area contributed by atoms with E-state index in [0.29, 0.717) is 16.7 Å². The summed E-state index contributed by atoms with van der Waals surface area (Å²) < 4.78 is 23.4. The second kappa shape index (κ2) is 5.49. The summed E-state index contributed by atoms with van der Waals surface area (Å²) in [5, 5.41) is 14.7. The number of sulfonamides is 1. The Morgan fingerprint density at radius 1 is 1.26 bits per heavy atom. The van der Waals surface area contributed by atoms with Crippen LogP contribution < -0.4 is 5.14 Å². The minimum atomic E-state index is -3.88. The lowest BCUT2D eigenvalue weighted by molar-refractivity contribution is 0.595. The first-order valence-electron chi connectivity index (χ1n) is 5.90. The number of nitriles is 1. The first-order chi connectivity index (χ1) is 8.61. The van der Waals surface area contributed by atoms with Gasteiger partial charge in [0.05, 0.1) is 15.5 Å². The summed E-state index contributed by atoms with van der Waals surface area (Å²) in [5.41, 5.74) is 1.33. The Kier molecular flexibility index (Phi) is 4.62. The van der Waals surface area contributed by atoms with Gasteiger partial charge >= 0.3 is 0 Å². The van der Waals surface area contributed by atoms with Crippen molar-refractivity contribution in [2.75, 3.05) is 0 Å². The second-order valence-corrected chi connectivity index (χ2v) is 6.94. The first-order valence-corrected chi connectivity index (χ1v) is 7.82. The van der Waals surface area contributed by atoms with Crippen molar-refractivity contribution in [2.24, 2.45) is 5.14 Å². The number of rotatable bonds is 3. The van der Waals surface area contributed by atoms with Crippen molar-refractivity contribution in [3.63, 3.8) is 0 Å². The lowest BCUT2D eigenvalue weighted by atomic mass is 9.92. The van der Waals surface area contributed by atoms with E-state index in [1.54, 1.807) is 0 Å². The quantitative estimate of drug-likeness (QED) is 0.931. The molecule has 0 amide bonds. The van der Waals surface area contributed by atoms with E-state index < -0.39 is 10.0 Å². The molecule has 0 spiro atoms. The third kappa shape index (κ3) is 3.08. The summed E-state index contributed by atoms with van der Waals surface area (Å²) >= 11 is 6.22. The van der Waals surface area contributed by atoms with Gasteiger partial charge in [-0.15, -0.1) is 0 Å². The zero-order valence-electron chi connectivity index (χ0n) is 11.4. The van der Waals surface area contributed by atoms with Crippen LogP contribution in [0.3, 0.4) is 0 Å². The number of benzene rings is 1. The molecule has 0 aliphatic carbocycles. The third-order valence-electron chi connectivity index (χ3n) is 2.91. The molecule has 0 aromatic heterocycles. The average Bonchev–Trinajstić information content (AvgIpc) is 2.25. The fourth-order valence-electron chi connectivity index (χ4n) is 2.00. The molecule has 1 rings (SSSR count). The molecule has 0 saturated heterocycles. The molecule has 0 heterocycles. The third-order valence-corrected chi connectivity index (χ3v) is 4.26. The Balaban J connectivity index is 3.90. The minimum Gasteiger partial charge on any atom is -0.225 e. The molecule has 1 aromatic carbocycles. The zero-order valence-corrected chi connectivity index (χ0v) is 12.9. The molecule has 4 nitrogen and oxygen atoms in total. The number of nitrogens with zero attached hydrogens (tertiary/aromatic N) is 1. The van der Waals surface area contributed by atoms with Gasteiger partial charge in [0.25, 0.3) is 0 Å². The van der Waals surface area contributed by atoms with E-state index in [-0.39, 0.29) is 21.8 Å². The molecular formula is C13H17ClN2O2S. The summed E-state index contributed by atoms with van der Waals surface area (Å²) in [7, 11) is -3.88. The Labute approximate surface area is 119 Å². The van der Waals surface area contributed by atoms with E-state index in [1.165, 1.54) is 6.07 Å². The number of halogens is 1. The fraction of sp³-hybridized carbons (Fsp3) is 0.462. The van der Waals surface area contributed by atoms with Gasteiger partial charge < -0.3 is 0 Å². The SMILES string of the molecule is CC(C)c1cc(S(N)(=O)=O)c(C(C)C)c(Cl)c1C#N. The van der Waals surface area contributed by atoms with Gasteiger partial charge in [0.15, 0.2) is 0 Å². The number of primary sulfonamides is 1. The van der Waals surface area contributed by atoms with Crippen LogP contribution in [0.15, 0.2) is 11.0 Å². The maximum atomic E-state index is 11.7. The molecule has 0 aliphatic heterocycles. The van der Waals surface area contributed by atoms with E-state index in [9.17, 15) is 13.7 Å². The van der Waals surface area contributed by atoms with Crippen molar-refractivity contribution in [2.45, 2.75) is 44.4 Å². The topological polar surface area (TPSA) is 84.0 Å². The molecule has 0 saturated carbocycles. The van der Waals surface area contributed by atoms with Crippen molar-refractivity contribution in [3.8, 4) is 6.07 Å². The molecule has 104 valence electrons. The van der Waals surface area contributed by atoms with E-state index in [0.717, 1.165) is 0 Å². The highest BCUT2D eigenvalue weighted by Gasteiger charge is 2.25. The normalized spacial score (nSPS) is 11.9. The van der Waals surface area contributed by atoms with Crippen molar-refractivity contribution in [3.05, 3.63) is 27.8 Å². The maximum Gasteiger partial charge on any atom is 0.238 e. The Morgan fingerprint density at radius 2 is 1.79 bits per heavy atom. The van der Waals surface area contributed by atoms with Gasteiger partial charge in [-0.05, 0) is 29.0 Å². The highest BCUT2D eigenvalue weighted by Crippen LogP contribution is 2.37. The van der Waals surface area contributed by atoms with Gasteiger partial charge in [0.1, 0.15) is 6.07 Å². The van der Waals surface area contributed by atoms with Crippen LogP contribution in [0.5, 0.6) is 0 Å². The van der Waals surface area contributed by atoms with Crippen molar-refractivity contribution in [1.29, 1.82) is 5.26 Å². The highest BCUT2D eigenvalue weighted by atomic mass is 35.5. The monoisotopic (exact) mass is 300 g/mol. The summed E-state index contributed by atoms with van der Waals surface area (Å²) in [6.07, 6.45) is 0. The highest BCUT2D eigenvalue weighted by molar-refractivity contribution is 7.89. The van der Waals surface area contributed by atoms with Gasteiger partial charge in [0, 0.05) is 0 Å². The largest absolute Gasteiger partial charge is 0.238 e. The second-order valence-electron chi connectivity index (χ2n) is 5.03. The van der Waals surface area contributed by atoms with Crippen LogP contribution in [-0.2, 0) is 10.0 Å². The van der Waals surface area contributed by atoms with Gasteiger partial charge in [-0.2, -0.15) is 5.26 Å². The van der Waals surface area contributed by atoms with Crippen molar-refractivity contribution in [1.82, 2.24) is 0 Å². The van der Waals surface area contributed by atoms with Crippen LogP contribution in [-0.4, -0.2) is 8.42 Å². The number of nitrogens with two attached hydrogens (primary N) is 1. The lowest BCUT2D eigenvalue weighted by Crippen LogP contribution is -2.17. The molecule has 2 N–H and O–H groups in total. The van der Waals surface area contributed by atoms with Gasteiger partial charge in [0.2, 0.25) is 10.0 Å². The molecule has 1 aromatic rings. The first kappa shape index (κ1) is 16.0. The van der Waals surface area contributed by atoms with E-state index >= 15 is 0 Å². The molecule has 0 unspecified atom stereocenters. The van der Waals surface area contributed by atoms with Crippen molar-refractivity contribution < 1.29 is 8.42 Å². The van der Waals surface area contributed by atoms with Crippen LogP contribution in [0.25, 0.3) is 0 Å². The fourth-order valence-corrected chi connectivity index (χ4v) is 3.47. The van der Waals surface area contributed by atoms with Gasteiger partial charge in [-0.25, -0.2) is 13.6 Å². The van der Waals surface area contributed by atoms with Crippen LogP contribution in [0, 0.1) is 11.3 Å². The summed E-state index contributed by atoms with van der Waals surface area (Å²) in [4.78, 5) is 0.00944. The molecule has 0 fully saturated rings. The molecule has 19 heavy (non-hydrogen) atoms. The molecule has 0 bridgehead atoms. The van der Waals surface area contributed by atoms with E-state index in [2.05, 4.69) is 6.07 Å². The number of hydrogen-bond acceptors (Lipinski definition) is 3. The Hall–Kier alpha value is -1.09. The lowest BCUT2D eigenvalue weighted by Gasteiger charge is -2.19. The molecule has 0 radical (unpaired) electrons. The molecule has 0 aliphatic rings. The van der Waals surface area contributed by atoms with Gasteiger partial charge in [-0.3, -0.25) is 0 Å². The van der Waals surface area contributed by atoms with Crippen LogP contribution >= 0.6 is 11.6 Å². The predicted octanol–water partition coefficient (Wildman–Crippen LogP) is 3.11. The predicted molar refractivity (Wildman–Crippen MR) is 75.7 cm³/mol. The van der Waals surface area contributed by atoms with Gasteiger partial charge in [-0.1, -0.05) is 39.3 Å². The smallest absolute Gasteiger partial charge is 0.225 e. The minimum absolute atomic E-state index is 0.00944. The van der Waals surface area contributed by atoms with Crippen LogP contribution in [0.1, 0.15) is 56.2 Å². The molecular weight excluding hydrogens is 284 g/mol. The molecule has 6 heteroatoms. The summed E-state index contributed by atoms with van der Waals surface area (Å²) in [5.74, 6) is -0.164. The van der Waals surface area contributed by atoms with Crippen LogP contribution in [0.4, 0.5) is 0 Å². The summed E-state index contributed by atoms with van der Waals surface area (Å²) in [6, 6.07) is 3.52. The zero-order chi connectivity index (χ0) is 15.0. The van der Waals surface area contributed by atoms with E-state index in [1.807, 2.05) is 27.7 Å². The maximum absolute atomic E-state index is 11.7. The van der Waals surface area contributed by atoms with E-state index in [4.69, 9.17) is 16.7 Å². The Bertz CT molecular complexity index is 644. The van der Waals surface area contributed by atoms with Crippen molar-refractivity contribution >= 4 is 21.6 Å². The molecule has 0 atom stereocenters. The van der Waals surface area contributed by atoms with Crippen LogP contribution in [0.2, 0.25) is 5.02 Å². The Morgan fingerprint density at radius 3 is 2.11 bits per heavy atom. The summed E-state index contributed by atoms with van der Waals surface area (Å²) in [6.45, 7) is 7.36. The average molecular weight is 301 g/mol. The standard InChI is InChI=1S/C13H17ClN2O2S/c1-7(2)9-5-11(19(16,17)18)12(8(3)4)13(14)10(9)6-15/h5,7-8H,1-4H3,(H2,16,17,18). The number of hydrogen-bond donors (Lipinski definition) is 1.